The lowest BCUT2D eigenvalue weighted by Gasteiger charge is -2.34. The van der Waals surface area contributed by atoms with Gasteiger partial charge in [-0.1, -0.05) is 91.3 Å². The molecule has 45 heavy (non-hydrogen) atoms. The molecular weight excluding hydrogens is 592 g/mol. The van der Waals surface area contributed by atoms with Crippen LogP contribution >= 0.6 is 0 Å². The summed E-state index contributed by atoms with van der Waals surface area (Å²) in [4.78, 5) is 40.4. The molecule has 0 aliphatic heterocycles. The third kappa shape index (κ3) is 8.54. The molecule has 0 aliphatic rings. The fourth-order valence-corrected chi connectivity index (χ4v) is 6.25. The number of aryl methyl sites for hydroxylation is 1. The molecule has 0 aromatic heterocycles. The minimum absolute atomic E-state index is 0.0321. The minimum atomic E-state index is -4.36. The molecule has 4 rings (SSSR count). The average molecular weight is 629 g/mol. The molecule has 234 valence electrons. The number of rotatable bonds is 14. The number of nitro benzene ring substituents is 1. The van der Waals surface area contributed by atoms with Crippen molar-refractivity contribution in [2.24, 2.45) is 0 Å². The molecule has 2 amide bonds. The van der Waals surface area contributed by atoms with E-state index in [1.54, 1.807) is 18.2 Å². The van der Waals surface area contributed by atoms with Crippen molar-refractivity contribution < 1.29 is 22.9 Å². The van der Waals surface area contributed by atoms with Gasteiger partial charge in [-0.25, -0.2) is 8.42 Å². The third-order valence-electron chi connectivity index (χ3n) is 7.23. The van der Waals surface area contributed by atoms with Crippen molar-refractivity contribution in [1.29, 1.82) is 0 Å². The first-order chi connectivity index (χ1) is 21.6. The summed E-state index contributed by atoms with van der Waals surface area (Å²) >= 11 is 0. The molecule has 11 heteroatoms. The van der Waals surface area contributed by atoms with Crippen molar-refractivity contribution in [3.8, 4) is 0 Å². The molecular formula is C34H36N4O6S. The highest BCUT2D eigenvalue weighted by Crippen LogP contribution is 2.28. The van der Waals surface area contributed by atoms with Crippen LogP contribution in [0.1, 0.15) is 30.0 Å². The highest BCUT2D eigenvalue weighted by Gasteiger charge is 2.35. The summed E-state index contributed by atoms with van der Waals surface area (Å²) < 4.78 is 28.9. The van der Waals surface area contributed by atoms with Crippen LogP contribution in [0.3, 0.4) is 0 Å². The first kappa shape index (κ1) is 32.9. The predicted octanol–water partition coefficient (Wildman–Crippen LogP) is 5.26. The molecule has 0 heterocycles. The lowest BCUT2D eigenvalue weighted by molar-refractivity contribution is -0.384. The van der Waals surface area contributed by atoms with E-state index >= 15 is 0 Å². The summed E-state index contributed by atoms with van der Waals surface area (Å²) in [6, 6.07) is 28.5. The maximum Gasteiger partial charge on any atom is 0.271 e. The summed E-state index contributed by atoms with van der Waals surface area (Å²) in [7, 11) is -4.36. The van der Waals surface area contributed by atoms with E-state index < -0.39 is 33.4 Å². The zero-order valence-electron chi connectivity index (χ0n) is 25.2. The van der Waals surface area contributed by atoms with Gasteiger partial charge in [0.15, 0.2) is 0 Å². The van der Waals surface area contributed by atoms with E-state index in [1.165, 1.54) is 35.2 Å². The molecule has 0 aliphatic carbocycles. The van der Waals surface area contributed by atoms with E-state index in [4.69, 9.17) is 0 Å². The molecule has 4 aromatic carbocycles. The van der Waals surface area contributed by atoms with Gasteiger partial charge in [-0.05, 0) is 42.7 Å². The average Bonchev–Trinajstić information content (AvgIpc) is 3.05. The number of nitro groups is 1. The maximum absolute atomic E-state index is 14.4. The van der Waals surface area contributed by atoms with Gasteiger partial charge in [-0.3, -0.25) is 24.0 Å². The Hall–Kier alpha value is -5.03. The Balaban J connectivity index is 1.81. The molecule has 4 aromatic rings. The Morgan fingerprint density at radius 1 is 0.867 bits per heavy atom. The Bertz CT molecular complexity index is 1710. The zero-order valence-corrected chi connectivity index (χ0v) is 26.0. The second-order valence-corrected chi connectivity index (χ2v) is 12.5. The number of anilines is 1. The maximum atomic E-state index is 14.4. The number of non-ortho nitro benzene ring substituents is 1. The quantitative estimate of drug-likeness (QED) is 0.150. The summed E-state index contributed by atoms with van der Waals surface area (Å²) in [5.74, 6) is -1.01. The standard InChI is InChI=1S/C34H36N4O6S/c1-3-21-35-34(40)32(22-27-11-6-4-7-12-27)36(24-28-19-17-26(2)18-20-28)33(39)25-37(29-13-10-14-30(23-29)38(41)42)45(43,44)31-15-8-5-9-16-31/h4-20,23,32H,3,21-22,24-25H2,1-2H3,(H,35,40). The number of hydrogen-bond donors (Lipinski definition) is 1. The molecule has 0 saturated heterocycles. The topological polar surface area (TPSA) is 130 Å². The Morgan fingerprint density at radius 3 is 2.13 bits per heavy atom. The molecule has 0 radical (unpaired) electrons. The smallest absolute Gasteiger partial charge is 0.271 e. The van der Waals surface area contributed by atoms with Crippen LogP contribution in [0, 0.1) is 17.0 Å². The largest absolute Gasteiger partial charge is 0.354 e. The fraction of sp³-hybridized carbons (Fsp3) is 0.235. The lowest BCUT2D eigenvalue weighted by atomic mass is 10.0. The van der Waals surface area contributed by atoms with Crippen molar-refractivity contribution in [2.45, 2.75) is 44.2 Å². The Morgan fingerprint density at radius 2 is 1.51 bits per heavy atom. The zero-order chi connectivity index (χ0) is 32.4. The van der Waals surface area contributed by atoms with Crippen LogP contribution in [-0.4, -0.2) is 49.2 Å². The van der Waals surface area contributed by atoms with Crippen LogP contribution in [0.4, 0.5) is 11.4 Å². The highest BCUT2D eigenvalue weighted by atomic mass is 32.2. The first-order valence-corrected chi connectivity index (χ1v) is 16.0. The van der Waals surface area contributed by atoms with E-state index in [2.05, 4.69) is 5.32 Å². The number of carbonyl (C=O) groups is 2. The fourth-order valence-electron chi connectivity index (χ4n) is 4.82. The van der Waals surface area contributed by atoms with E-state index in [9.17, 15) is 28.1 Å². The van der Waals surface area contributed by atoms with Gasteiger partial charge in [0.2, 0.25) is 11.8 Å². The number of nitrogens with zero attached hydrogens (tertiary/aromatic N) is 3. The minimum Gasteiger partial charge on any atom is -0.354 e. The van der Waals surface area contributed by atoms with Crippen LogP contribution in [-0.2, 0) is 32.6 Å². The normalized spacial score (nSPS) is 11.8. The van der Waals surface area contributed by atoms with Crippen molar-refractivity contribution in [2.75, 3.05) is 17.4 Å². The van der Waals surface area contributed by atoms with Crippen LogP contribution in [0.2, 0.25) is 0 Å². The van der Waals surface area contributed by atoms with Crippen molar-refractivity contribution in [3.05, 3.63) is 136 Å². The molecule has 1 atom stereocenters. The Kier molecular flexibility index (Phi) is 11.0. The molecule has 0 saturated carbocycles. The van der Waals surface area contributed by atoms with Crippen molar-refractivity contribution in [3.63, 3.8) is 0 Å². The summed E-state index contributed by atoms with van der Waals surface area (Å²) in [5.41, 5.74) is 2.22. The van der Waals surface area contributed by atoms with Gasteiger partial charge in [0.05, 0.1) is 15.5 Å². The summed E-state index contributed by atoms with van der Waals surface area (Å²) in [5, 5.41) is 14.5. The third-order valence-corrected chi connectivity index (χ3v) is 9.02. The summed E-state index contributed by atoms with van der Waals surface area (Å²) in [6.07, 6.45) is 0.877. The molecule has 0 fully saturated rings. The molecule has 1 N–H and O–H groups in total. The number of hydrogen-bond acceptors (Lipinski definition) is 6. The molecule has 0 spiro atoms. The van der Waals surface area contributed by atoms with Gasteiger partial charge in [-0.2, -0.15) is 0 Å². The molecule has 1 unspecified atom stereocenters. The number of nitrogens with one attached hydrogen (secondary N) is 1. The second-order valence-electron chi connectivity index (χ2n) is 10.6. The van der Waals surface area contributed by atoms with E-state index in [1.807, 2.05) is 68.4 Å². The lowest BCUT2D eigenvalue weighted by Crippen LogP contribution is -2.53. The second kappa shape index (κ2) is 15.1. The SMILES string of the molecule is CCCNC(=O)C(Cc1ccccc1)N(Cc1ccc(C)cc1)C(=O)CN(c1cccc([N+](=O)[O-])c1)S(=O)(=O)c1ccccc1. The first-order valence-electron chi connectivity index (χ1n) is 14.6. The van der Waals surface area contributed by atoms with Crippen LogP contribution in [0.25, 0.3) is 0 Å². The van der Waals surface area contributed by atoms with Gasteiger partial charge in [0.1, 0.15) is 12.6 Å². The molecule has 10 nitrogen and oxygen atoms in total. The highest BCUT2D eigenvalue weighted by molar-refractivity contribution is 7.92. The number of amides is 2. The van der Waals surface area contributed by atoms with E-state index in [0.717, 1.165) is 27.1 Å². The number of carbonyl (C=O) groups excluding carboxylic acids is 2. The predicted molar refractivity (Wildman–Crippen MR) is 173 cm³/mol. The van der Waals surface area contributed by atoms with Crippen LogP contribution < -0.4 is 9.62 Å². The van der Waals surface area contributed by atoms with Gasteiger partial charge in [-0.15, -0.1) is 0 Å². The van der Waals surface area contributed by atoms with Gasteiger partial charge in [0.25, 0.3) is 15.7 Å². The number of sulfonamides is 1. The van der Waals surface area contributed by atoms with Crippen LogP contribution in [0.15, 0.2) is 114 Å². The van der Waals surface area contributed by atoms with Crippen LogP contribution in [0.5, 0.6) is 0 Å². The monoisotopic (exact) mass is 628 g/mol. The Labute approximate surface area is 263 Å². The van der Waals surface area contributed by atoms with Gasteiger partial charge < -0.3 is 10.2 Å². The van der Waals surface area contributed by atoms with Gasteiger partial charge >= 0.3 is 0 Å². The van der Waals surface area contributed by atoms with E-state index in [-0.39, 0.29) is 35.1 Å². The van der Waals surface area contributed by atoms with Crippen molar-refractivity contribution in [1.82, 2.24) is 10.2 Å². The van der Waals surface area contributed by atoms with Gasteiger partial charge in [0, 0.05) is 31.6 Å². The van der Waals surface area contributed by atoms with E-state index in [0.29, 0.717) is 13.0 Å². The molecule has 0 bridgehead atoms. The van der Waals surface area contributed by atoms with Crippen molar-refractivity contribution >= 4 is 33.2 Å². The summed E-state index contributed by atoms with van der Waals surface area (Å²) in [6.45, 7) is 3.60. The number of benzene rings is 4.